The van der Waals surface area contributed by atoms with Crippen molar-refractivity contribution in [3.05, 3.63) is 35.9 Å². The maximum atomic E-state index is 12.2. The Morgan fingerprint density at radius 3 is 2.67 bits per heavy atom. The van der Waals surface area contributed by atoms with Crippen molar-refractivity contribution in [2.45, 2.75) is 57.8 Å². The first-order chi connectivity index (χ1) is 9.87. The van der Waals surface area contributed by atoms with Gasteiger partial charge in [0.05, 0.1) is 12.1 Å². The SMILES string of the molecule is CC(C)(C)OC(=O)N1CCCC1C(O)Cc1ccccc1. The number of hydrogen-bond acceptors (Lipinski definition) is 3. The molecule has 2 unspecified atom stereocenters. The molecule has 1 heterocycles. The molecule has 116 valence electrons. The van der Waals surface area contributed by atoms with Crippen molar-refractivity contribution >= 4 is 6.09 Å². The molecule has 0 aliphatic carbocycles. The zero-order chi connectivity index (χ0) is 15.5. The van der Waals surface area contributed by atoms with Gasteiger partial charge in [0.1, 0.15) is 5.60 Å². The minimum atomic E-state index is -0.553. The molecular weight excluding hydrogens is 266 g/mol. The standard InChI is InChI=1S/C17H25NO3/c1-17(2,3)21-16(20)18-11-7-10-14(18)15(19)12-13-8-5-4-6-9-13/h4-6,8-9,14-15,19H,7,10-12H2,1-3H3. The highest BCUT2D eigenvalue weighted by atomic mass is 16.6. The summed E-state index contributed by atoms with van der Waals surface area (Å²) in [6.45, 7) is 6.23. The number of benzene rings is 1. The molecule has 21 heavy (non-hydrogen) atoms. The van der Waals surface area contributed by atoms with Crippen LogP contribution in [-0.4, -0.2) is 40.4 Å². The lowest BCUT2D eigenvalue weighted by molar-refractivity contribution is 0.00536. The quantitative estimate of drug-likeness (QED) is 0.931. The lowest BCUT2D eigenvalue weighted by Crippen LogP contribution is -2.45. The van der Waals surface area contributed by atoms with Crippen LogP contribution >= 0.6 is 0 Å². The normalized spacial score (nSPS) is 20.4. The van der Waals surface area contributed by atoms with E-state index in [1.165, 1.54) is 0 Å². The van der Waals surface area contributed by atoms with Crippen LogP contribution in [0.25, 0.3) is 0 Å². The van der Waals surface area contributed by atoms with Gasteiger partial charge in [-0.25, -0.2) is 4.79 Å². The van der Waals surface area contributed by atoms with Crippen molar-refractivity contribution in [3.8, 4) is 0 Å². The van der Waals surface area contributed by atoms with Crippen molar-refractivity contribution in [1.29, 1.82) is 0 Å². The Morgan fingerprint density at radius 1 is 1.38 bits per heavy atom. The Bertz CT molecular complexity index is 467. The fourth-order valence-corrected chi connectivity index (χ4v) is 2.73. The third kappa shape index (κ3) is 4.46. The fraction of sp³-hybridized carbons (Fsp3) is 0.588. The zero-order valence-electron chi connectivity index (χ0n) is 13.1. The molecule has 1 fully saturated rings. The van der Waals surface area contributed by atoms with Gasteiger partial charge in [-0.1, -0.05) is 30.3 Å². The Labute approximate surface area is 126 Å². The number of likely N-dealkylation sites (tertiary alicyclic amines) is 1. The van der Waals surface area contributed by atoms with Crippen LogP contribution in [0.15, 0.2) is 30.3 Å². The second-order valence-electron chi connectivity index (χ2n) is 6.64. The van der Waals surface area contributed by atoms with E-state index in [1.54, 1.807) is 4.90 Å². The van der Waals surface area contributed by atoms with Gasteiger partial charge in [-0.05, 0) is 39.2 Å². The number of aliphatic hydroxyl groups excluding tert-OH is 1. The third-order valence-corrected chi connectivity index (χ3v) is 3.66. The molecule has 2 atom stereocenters. The van der Waals surface area contributed by atoms with Crippen molar-refractivity contribution in [1.82, 2.24) is 4.90 Å². The smallest absolute Gasteiger partial charge is 0.410 e. The van der Waals surface area contributed by atoms with Crippen LogP contribution < -0.4 is 0 Å². The van der Waals surface area contributed by atoms with Gasteiger partial charge < -0.3 is 14.7 Å². The molecule has 0 aromatic heterocycles. The number of aliphatic hydroxyl groups is 1. The van der Waals surface area contributed by atoms with Gasteiger partial charge in [-0.2, -0.15) is 0 Å². The van der Waals surface area contributed by atoms with Gasteiger partial charge in [-0.15, -0.1) is 0 Å². The lowest BCUT2D eigenvalue weighted by Gasteiger charge is -2.31. The Hall–Kier alpha value is -1.55. The first kappa shape index (κ1) is 15.8. The topological polar surface area (TPSA) is 49.8 Å². The Kier molecular flexibility index (Phi) is 4.88. The van der Waals surface area contributed by atoms with Gasteiger partial charge in [-0.3, -0.25) is 0 Å². The van der Waals surface area contributed by atoms with Gasteiger partial charge in [0.15, 0.2) is 0 Å². The highest BCUT2D eigenvalue weighted by Gasteiger charge is 2.36. The number of hydrogen-bond donors (Lipinski definition) is 1. The van der Waals surface area contributed by atoms with Gasteiger partial charge in [0, 0.05) is 13.0 Å². The summed E-state index contributed by atoms with van der Waals surface area (Å²) in [5.41, 5.74) is 0.579. The maximum Gasteiger partial charge on any atom is 0.410 e. The van der Waals surface area contributed by atoms with Crippen LogP contribution in [-0.2, 0) is 11.2 Å². The second-order valence-corrected chi connectivity index (χ2v) is 6.64. The van der Waals surface area contributed by atoms with E-state index >= 15 is 0 Å². The van der Waals surface area contributed by atoms with Crippen LogP contribution in [0.3, 0.4) is 0 Å². The molecule has 0 saturated carbocycles. The van der Waals surface area contributed by atoms with E-state index in [1.807, 2.05) is 51.1 Å². The van der Waals surface area contributed by atoms with E-state index < -0.39 is 11.7 Å². The number of rotatable bonds is 3. The number of amides is 1. The fourth-order valence-electron chi connectivity index (χ4n) is 2.73. The summed E-state index contributed by atoms with van der Waals surface area (Å²) in [5, 5.41) is 10.5. The summed E-state index contributed by atoms with van der Waals surface area (Å²) in [4.78, 5) is 13.9. The summed E-state index contributed by atoms with van der Waals surface area (Å²) in [5.74, 6) is 0. The lowest BCUT2D eigenvalue weighted by atomic mass is 10.0. The van der Waals surface area contributed by atoms with E-state index in [0.717, 1.165) is 18.4 Å². The Morgan fingerprint density at radius 2 is 2.05 bits per heavy atom. The van der Waals surface area contributed by atoms with Crippen LogP contribution in [0.2, 0.25) is 0 Å². The van der Waals surface area contributed by atoms with Crippen molar-refractivity contribution in [3.63, 3.8) is 0 Å². The number of carbonyl (C=O) groups is 1. The molecule has 1 aliphatic rings. The zero-order valence-corrected chi connectivity index (χ0v) is 13.1. The summed E-state index contributed by atoms with van der Waals surface area (Å²) >= 11 is 0. The summed E-state index contributed by atoms with van der Waals surface area (Å²) in [6, 6.07) is 9.72. The number of nitrogens with zero attached hydrogens (tertiary/aromatic N) is 1. The van der Waals surface area contributed by atoms with Crippen LogP contribution in [0, 0.1) is 0 Å². The van der Waals surface area contributed by atoms with Crippen molar-refractivity contribution < 1.29 is 14.6 Å². The molecule has 1 amide bonds. The predicted octanol–water partition coefficient (Wildman–Crippen LogP) is 2.99. The molecule has 0 bridgehead atoms. The molecule has 4 heteroatoms. The van der Waals surface area contributed by atoms with Crippen molar-refractivity contribution in [2.75, 3.05) is 6.54 Å². The molecule has 4 nitrogen and oxygen atoms in total. The third-order valence-electron chi connectivity index (χ3n) is 3.66. The average Bonchev–Trinajstić information content (AvgIpc) is 2.87. The van der Waals surface area contributed by atoms with E-state index in [9.17, 15) is 9.90 Å². The highest BCUT2D eigenvalue weighted by molar-refractivity contribution is 5.69. The molecule has 1 aliphatic heterocycles. The first-order valence-corrected chi connectivity index (χ1v) is 7.58. The van der Waals surface area contributed by atoms with E-state index in [-0.39, 0.29) is 12.1 Å². The minimum Gasteiger partial charge on any atom is -0.444 e. The number of carbonyl (C=O) groups excluding carboxylic acids is 1. The molecule has 1 saturated heterocycles. The first-order valence-electron chi connectivity index (χ1n) is 7.58. The highest BCUT2D eigenvalue weighted by Crippen LogP contribution is 2.24. The van der Waals surface area contributed by atoms with Gasteiger partial charge >= 0.3 is 6.09 Å². The molecule has 2 rings (SSSR count). The molecular formula is C17H25NO3. The van der Waals surface area contributed by atoms with Gasteiger partial charge in [0.2, 0.25) is 0 Å². The summed E-state index contributed by atoms with van der Waals surface area (Å²) < 4.78 is 5.43. The Balaban J connectivity index is 1.99. The second kappa shape index (κ2) is 6.48. The maximum absolute atomic E-state index is 12.2. The monoisotopic (exact) mass is 291 g/mol. The molecule has 0 radical (unpaired) electrons. The summed E-state index contributed by atoms with van der Waals surface area (Å²) in [6.07, 6.45) is 1.42. The largest absolute Gasteiger partial charge is 0.444 e. The average molecular weight is 291 g/mol. The number of ether oxygens (including phenoxy) is 1. The van der Waals surface area contributed by atoms with Crippen LogP contribution in [0.1, 0.15) is 39.2 Å². The van der Waals surface area contributed by atoms with E-state index in [0.29, 0.717) is 13.0 Å². The van der Waals surface area contributed by atoms with Crippen LogP contribution in [0.4, 0.5) is 4.79 Å². The molecule has 0 spiro atoms. The molecule has 1 aromatic rings. The van der Waals surface area contributed by atoms with E-state index in [4.69, 9.17) is 4.74 Å². The summed E-state index contributed by atoms with van der Waals surface area (Å²) in [7, 11) is 0. The van der Waals surface area contributed by atoms with E-state index in [2.05, 4.69) is 0 Å². The van der Waals surface area contributed by atoms with Gasteiger partial charge in [0.25, 0.3) is 0 Å². The van der Waals surface area contributed by atoms with Crippen molar-refractivity contribution in [2.24, 2.45) is 0 Å². The molecule has 1 N–H and O–H groups in total. The predicted molar refractivity (Wildman–Crippen MR) is 82.1 cm³/mol. The minimum absolute atomic E-state index is 0.153. The molecule has 1 aromatic carbocycles. The van der Waals surface area contributed by atoms with Crippen LogP contribution in [0.5, 0.6) is 0 Å².